The summed E-state index contributed by atoms with van der Waals surface area (Å²) in [4.78, 5) is 36.8. The van der Waals surface area contributed by atoms with Crippen molar-refractivity contribution in [1.29, 1.82) is 0 Å². The molecule has 166 valence electrons. The van der Waals surface area contributed by atoms with Crippen molar-refractivity contribution in [2.24, 2.45) is 5.41 Å². The second-order valence-corrected chi connectivity index (χ2v) is 8.55. The SMILES string of the molecule is CCC(C)NC(=O)c1cccc(NC(=O)CNc2cccc(NC(=O)C(C)(C)C)c2)c1. The number of anilines is 3. The maximum atomic E-state index is 12.3. The molecule has 0 aliphatic rings. The minimum atomic E-state index is -0.497. The number of rotatable bonds is 8. The number of hydrogen-bond donors (Lipinski definition) is 4. The van der Waals surface area contributed by atoms with Crippen molar-refractivity contribution in [3.05, 3.63) is 54.1 Å². The topological polar surface area (TPSA) is 99.3 Å². The number of benzene rings is 2. The highest BCUT2D eigenvalue weighted by Crippen LogP contribution is 2.20. The highest BCUT2D eigenvalue weighted by atomic mass is 16.2. The van der Waals surface area contributed by atoms with Gasteiger partial charge in [0, 0.05) is 34.1 Å². The van der Waals surface area contributed by atoms with Crippen molar-refractivity contribution in [3.8, 4) is 0 Å². The van der Waals surface area contributed by atoms with E-state index in [0.29, 0.717) is 22.6 Å². The zero-order chi connectivity index (χ0) is 23.0. The van der Waals surface area contributed by atoms with Crippen LogP contribution in [-0.4, -0.2) is 30.3 Å². The Bertz CT molecular complexity index is 934. The molecule has 1 atom stereocenters. The smallest absolute Gasteiger partial charge is 0.251 e. The van der Waals surface area contributed by atoms with Gasteiger partial charge in [0.2, 0.25) is 11.8 Å². The second-order valence-electron chi connectivity index (χ2n) is 8.55. The number of carbonyl (C=O) groups is 3. The molecule has 2 aromatic rings. The third-order valence-corrected chi connectivity index (χ3v) is 4.65. The van der Waals surface area contributed by atoms with E-state index >= 15 is 0 Å². The molecular formula is C24H32N4O3. The molecular weight excluding hydrogens is 392 g/mol. The summed E-state index contributed by atoms with van der Waals surface area (Å²) in [5.74, 6) is -0.499. The molecule has 2 aromatic carbocycles. The van der Waals surface area contributed by atoms with Crippen LogP contribution in [0.15, 0.2) is 48.5 Å². The Balaban J connectivity index is 1.93. The summed E-state index contributed by atoms with van der Waals surface area (Å²) in [6.45, 7) is 9.52. The van der Waals surface area contributed by atoms with Gasteiger partial charge in [-0.2, -0.15) is 0 Å². The molecule has 0 saturated carbocycles. The molecule has 0 heterocycles. The van der Waals surface area contributed by atoms with Crippen molar-refractivity contribution < 1.29 is 14.4 Å². The first kappa shape index (κ1) is 23.9. The van der Waals surface area contributed by atoms with E-state index in [4.69, 9.17) is 0 Å². The van der Waals surface area contributed by atoms with Crippen LogP contribution in [0.4, 0.5) is 17.1 Å². The van der Waals surface area contributed by atoms with Gasteiger partial charge in [-0.15, -0.1) is 0 Å². The molecule has 0 fully saturated rings. The van der Waals surface area contributed by atoms with E-state index < -0.39 is 5.41 Å². The van der Waals surface area contributed by atoms with E-state index in [2.05, 4.69) is 21.3 Å². The molecule has 0 radical (unpaired) electrons. The van der Waals surface area contributed by atoms with E-state index in [0.717, 1.165) is 6.42 Å². The van der Waals surface area contributed by atoms with Crippen LogP contribution in [0.1, 0.15) is 51.4 Å². The molecule has 0 bridgehead atoms. The van der Waals surface area contributed by atoms with Gasteiger partial charge in [0.15, 0.2) is 0 Å². The molecule has 1 unspecified atom stereocenters. The highest BCUT2D eigenvalue weighted by Gasteiger charge is 2.21. The van der Waals surface area contributed by atoms with Gasteiger partial charge < -0.3 is 21.3 Å². The quantitative estimate of drug-likeness (QED) is 0.509. The lowest BCUT2D eigenvalue weighted by Gasteiger charge is -2.18. The Morgan fingerprint density at radius 3 is 2.16 bits per heavy atom. The van der Waals surface area contributed by atoms with Crippen molar-refractivity contribution in [2.45, 2.75) is 47.1 Å². The molecule has 0 spiro atoms. The minimum Gasteiger partial charge on any atom is -0.376 e. The maximum absolute atomic E-state index is 12.3. The minimum absolute atomic E-state index is 0.0416. The van der Waals surface area contributed by atoms with Crippen LogP contribution < -0.4 is 21.3 Å². The molecule has 0 aliphatic carbocycles. The fraction of sp³-hybridized carbons (Fsp3) is 0.375. The third-order valence-electron chi connectivity index (χ3n) is 4.65. The molecule has 0 saturated heterocycles. The second kappa shape index (κ2) is 10.6. The first-order valence-electron chi connectivity index (χ1n) is 10.4. The Kier molecular flexibility index (Phi) is 8.19. The maximum Gasteiger partial charge on any atom is 0.251 e. The highest BCUT2D eigenvalue weighted by molar-refractivity contribution is 5.98. The Morgan fingerprint density at radius 1 is 0.903 bits per heavy atom. The fourth-order valence-corrected chi connectivity index (χ4v) is 2.56. The molecule has 7 heteroatoms. The normalized spacial score (nSPS) is 11.9. The molecule has 4 N–H and O–H groups in total. The summed E-state index contributed by atoms with van der Waals surface area (Å²) in [6, 6.07) is 14.1. The lowest BCUT2D eigenvalue weighted by Crippen LogP contribution is -2.32. The third kappa shape index (κ3) is 7.77. The van der Waals surface area contributed by atoms with Crippen LogP contribution in [0.25, 0.3) is 0 Å². The Morgan fingerprint density at radius 2 is 1.52 bits per heavy atom. The average molecular weight is 425 g/mol. The van der Waals surface area contributed by atoms with Gasteiger partial charge in [0.25, 0.3) is 5.91 Å². The Hall–Kier alpha value is -3.35. The van der Waals surface area contributed by atoms with Crippen LogP contribution in [0.5, 0.6) is 0 Å². The fourth-order valence-electron chi connectivity index (χ4n) is 2.56. The van der Waals surface area contributed by atoms with Gasteiger partial charge in [0.05, 0.1) is 6.54 Å². The number of carbonyl (C=O) groups excluding carboxylic acids is 3. The molecule has 3 amide bonds. The summed E-state index contributed by atoms with van der Waals surface area (Å²) in [7, 11) is 0. The van der Waals surface area contributed by atoms with E-state index in [1.165, 1.54) is 0 Å². The van der Waals surface area contributed by atoms with Crippen molar-refractivity contribution in [2.75, 3.05) is 22.5 Å². The standard InChI is InChI=1S/C24H32N4O3/c1-6-16(2)26-22(30)17-9-7-11-19(13-17)27-21(29)15-25-18-10-8-12-20(14-18)28-23(31)24(3,4)5/h7-14,16,25H,6,15H2,1-5H3,(H,26,30)(H,27,29)(H,28,31). The van der Waals surface area contributed by atoms with Crippen molar-refractivity contribution >= 4 is 34.8 Å². The van der Waals surface area contributed by atoms with Crippen LogP contribution in [0.3, 0.4) is 0 Å². The van der Waals surface area contributed by atoms with Gasteiger partial charge in [-0.3, -0.25) is 14.4 Å². The first-order chi connectivity index (χ1) is 14.6. The van der Waals surface area contributed by atoms with Crippen LogP contribution in [0.2, 0.25) is 0 Å². The summed E-state index contributed by atoms with van der Waals surface area (Å²) in [5, 5.41) is 11.6. The number of amides is 3. The van der Waals surface area contributed by atoms with Gasteiger partial charge in [-0.05, 0) is 49.7 Å². The van der Waals surface area contributed by atoms with Crippen LogP contribution in [0, 0.1) is 5.41 Å². The lowest BCUT2D eigenvalue weighted by atomic mass is 9.95. The zero-order valence-electron chi connectivity index (χ0n) is 18.8. The van der Waals surface area contributed by atoms with Crippen LogP contribution in [-0.2, 0) is 9.59 Å². The summed E-state index contributed by atoms with van der Waals surface area (Å²) in [6.07, 6.45) is 0.842. The van der Waals surface area contributed by atoms with E-state index in [1.54, 1.807) is 42.5 Å². The van der Waals surface area contributed by atoms with Crippen molar-refractivity contribution in [1.82, 2.24) is 5.32 Å². The predicted octanol–water partition coefficient (Wildman–Crippen LogP) is 4.25. The van der Waals surface area contributed by atoms with Gasteiger partial charge in [0.1, 0.15) is 0 Å². The molecule has 7 nitrogen and oxygen atoms in total. The Labute approximate surface area is 184 Å². The van der Waals surface area contributed by atoms with Crippen LogP contribution >= 0.6 is 0 Å². The summed E-state index contributed by atoms with van der Waals surface area (Å²) in [5.41, 5.74) is 1.92. The van der Waals surface area contributed by atoms with Gasteiger partial charge >= 0.3 is 0 Å². The van der Waals surface area contributed by atoms with Crippen molar-refractivity contribution in [3.63, 3.8) is 0 Å². The lowest BCUT2D eigenvalue weighted by molar-refractivity contribution is -0.123. The summed E-state index contributed by atoms with van der Waals surface area (Å²) >= 11 is 0. The zero-order valence-corrected chi connectivity index (χ0v) is 18.8. The first-order valence-corrected chi connectivity index (χ1v) is 10.4. The molecule has 31 heavy (non-hydrogen) atoms. The number of hydrogen-bond acceptors (Lipinski definition) is 4. The van der Waals surface area contributed by atoms with E-state index in [9.17, 15) is 14.4 Å². The predicted molar refractivity (Wildman–Crippen MR) is 125 cm³/mol. The van der Waals surface area contributed by atoms with Gasteiger partial charge in [-0.1, -0.05) is 39.8 Å². The van der Waals surface area contributed by atoms with E-state index in [1.807, 2.05) is 40.7 Å². The average Bonchev–Trinajstić information content (AvgIpc) is 2.72. The van der Waals surface area contributed by atoms with Gasteiger partial charge in [-0.25, -0.2) is 0 Å². The number of nitrogens with one attached hydrogen (secondary N) is 4. The molecule has 2 rings (SSSR count). The molecule has 0 aromatic heterocycles. The monoisotopic (exact) mass is 424 g/mol. The molecule has 0 aliphatic heterocycles. The van der Waals surface area contributed by atoms with E-state index in [-0.39, 0.29) is 30.3 Å². The largest absolute Gasteiger partial charge is 0.376 e. The summed E-state index contributed by atoms with van der Waals surface area (Å²) < 4.78 is 0.